The molecule has 4 heteroatoms. The summed E-state index contributed by atoms with van der Waals surface area (Å²) in [6.07, 6.45) is 4.60. The molecule has 0 fully saturated rings. The summed E-state index contributed by atoms with van der Waals surface area (Å²) in [5, 5.41) is 6.34. The summed E-state index contributed by atoms with van der Waals surface area (Å²) in [7, 11) is 0.783. The number of rotatable bonds is 6. The molecule has 1 aliphatic heterocycles. The van der Waals surface area contributed by atoms with Crippen molar-refractivity contribution < 1.29 is 4.42 Å². The van der Waals surface area contributed by atoms with Gasteiger partial charge >= 0.3 is 0 Å². The lowest BCUT2D eigenvalue weighted by molar-refractivity contribution is 0.332. The molecule has 2 aliphatic carbocycles. The third-order valence-electron chi connectivity index (χ3n) is 16.7. The Hall–Kier alpha value is -6.78. The van der Waals surface area contributed by atoms with Crippen LogP contribution in [0.4, 0.5) is 28.4 Å². The van der Waals surface area contributed by atoms with Gasteiger partial charge in [-0.2, -0.15) is 0 Å². The molecular weight excluding hydrogens is 836 g/mol. The van der Waals surface area contributed by atoms with Crippen molar-refractivity contribution in [2.24, 2.45) is 0 Å². The predicted molar refractivity (Wildman–Crippen MR) is 296 cm³/mol. The molecule has 3 aliphatic rings. The Bertz CT molecular complexity index is 3500. The van der Waals surface area contributed by atoms with Crippen molar-refractivity contribution in [3.8, 4) is 33.4 Å². The van der Waals surface area contributed by atoms with E-state index in [4.69, 9.17) is 4.42 Å². The van der Waals surface area contributed by atoms with Crippen molar-refractivity contribution in [1.29, 1.82) is 0 Å². The monoisotopic (exact) mass is 899 g/mol. The van der Waals surface area contributed by atoms with Crippen LogP contribution in [0.3, 0.4) is 0 Å². The molecule has 0 radical (unpaired) electrons. The molecule has 0 saturated heterocycles. The number of hydrogen-bond acceptors (Lipinski definition) is 3. The maximum absolute atomic E-state index is 7.20. The van der Waals surface area contributed by atoms with Crippen LogP contribution in [0.2, 0.25) is 0 Å². The molecule has 2 heterocycles. The quantitative estimate of drug-likeness (QED) is 0.169. The molecule has 0 bridgehead atoms. The summed E-state index contributed by atoms with van der Waals surface area (Å²) in [6.45, 7) is 21.9. The molecular formula is C65H63BN2O. The molecule has 1 aromatic heterocycles. The van der Waals surface area contributed by atoms with Crippen LogP contribution in [0.25, 0.3) is 55.3 Å². The molecule has 342 valence electrons. The third kappa shape index (κ3) is 7.16. The van der Waals surface area contributed by atoms with Gasteiger partial charge in [-0.1, -0.05) is 164 Å². The molecule has 0 spiro atoms. The highest BCUT2D eigenvalue weighted by molar-refractivity contribution is 6.74. The van der Waals surface area contributed by atoms with Crippen molar-refractivity contribution in [2.45, 2.75) is 110 Å². The van der Waals surface area contributed by atoms with Gasteiger partial charge in [0.2, 0.25) is 0 Å². The van der Waals surface area contributed by atoms with Gasteiger partial charge in [-0.15, -0.1) is 0 Å². The van der Waals surface area contributed by atoms with Crippen molar-refractivity contribution in [3.05, 3.63) is 186 Å². The summed E-state index contributed by atoms with van der Waals surface area (Å²) in [5.41, 5.74) is 24.8. The number of nitrogens with one attached hydrogen (secondary N) is 1. The minimum atomic E-state index is 0.00958. The third-order valence-corrected chi connectivity index (χ3v) is 16.7. The highest BCUT2D eigenvalue weighted by Gasteiger charge is 2.42. The second kappa shape index (κ2) is 15.6. The van der Waals surface area contributed by atoms with E-state index in [9.17, 15) is 0 Å². The molecule has 0 saturated carbocycles. The topological polar surface area (TPSA) is 28.4 Å². The number of para-hydroxylation sites is 1. The number of anilines is 5. The van der Waals surface area contributed by atoms with Crippen molar-refractivity contribution in [2.75, 3.05) is 10.2 Å². The van der Waals surface area contributed by atoms with E-state index >= 15 is 0 Å². The van der Waals surface area contributed by atoms with Crippen LogP contribution in [0.15, 0.2) is 162 Å². The number of hydrogen-bond donors (Lipinski definition) is 1. The Kier molecular flexibility index (Phi) is 9.85. The van der Waals surface area contributed by atoms with Crippen LogP contribution in [-0.2, 0) is 21.7 Å². The summed E-state index contributed by atoms with van der Waals surface area (Å²) in [5.74, 6) is 0. The van der Waals surface area contributed by atoms with E-state index in [1.165, 1.54) is 89.9 Å². The Morgan fingerprint density at radius 2 is 1.01 bits per heavy atom. The van der Waals surface area contributed by atoms with Crippen molar-refractivity contribution >= 4 is 68.6 Å². The molecule has 3 nitrogen and oxygen atoms in total. The molecule has 1 N–H and O–H groups in total. The van der Waals surface area contributed by atoms with Crippen LogP contribution in [0.1, 0.15) is 109 Å². The van der Waals surface area contributed by atoms with E-state index in [0.717, 1.165) is 65.5 Å². The average Bonchev–Trinajstić information content (AvgIpc) is 3.72. The fourth-order valence-corrected chi connectivity index (χ4v) is 12.3. The fourth-order valence-electron chi connectivity index (χ4n) is 12.3. The van der Waals surface area contributed by atoms with Crippen LogP contribution < -0.4 is 21.1 Å². The first-order chi connectivity index (χ1) is 33.1. The lowest BCUT2D eigenvalue weighted by Crippen LogP contribution is -2.44. The SMILES string of the molecule is Cc1cc(-c2ccccc2)ccc1N1c2cc3c(cc2Bc2c(-c4cc5c(cc4Nc4ccc(-c6ccccc6)cc4)C(C)(C)CCC5(C)C)cc4c(oc5ccccc54)c21)C(C)(C)CCC3(C)C. The molecule has 8 aromatic carbocycles. The molecule has 69 heavy (non-hydrogen) atoms. The minimum absolute atomic E-state index is 0.00958. The van der Waals surface area contributed by atoms with E-state index in [1.54, 1.807) is 0 Å². The standard InChI is InChI=1S/C65H63BN2O/c1-40-34-44(42-20-14-11-15-21-42)26-29-56(40)68-57-39-53-51(63(4,5)31-33-65(53,8)9)37-54(57)66-59-48(35-49-46-22-16-17-23-58(46)69-61(49)60(59)68)47-36-50-52(64(6,7)32-30-62(50,2)3)38-55(47)67-45-27-24-43(25-28-45)41-18-12-10-13-19-41/h10-29,34-39,66-67H,30-33H2,1-9H3. The van der Waals surface area contributed by atoms with E-state index in [2.05, 4.69) is 230 Å². The normalized spacial score (nSPS) is 17.1. The Balaban J connectivity index is 1.16. The zero-order valence-corrected chi connectivity index (χ0v) is 41.9. The first-order valence-electron chi connectivity index (χ1n) is 25.3. The number of benzene rings is 8. The molecule has 12 rings (SSSR count). The molecule has 9 aromatic rings. The van der Waals surface area contributed by atoms with Gasteiger partial charge in [0.1, 0.15) is 5.58 Å². The minimum Gasteiger partial charge on any atom is -0.454 e. The largest absolute Gasteiger partial charge is 0.454 e. The summed E-state index contributed by atoms with van der Waals surface area (Å²) in [4.78, 5) is 2.60. The lowest BCUT2D eigenvalue weighted by Gasteiger charge is -2.44. The second-order valence-corrected chi connectivity index (χ2v) is 23.2. The maximum atomic E-state index is 7.20. The first kappa shape index (κ1) is 43.5. The molecule has 0 atom stereocenters. The smallest absolute Gasteiger partial charge is 0.198 e. The Morgan fingerprint density at radius 3 is 1.65 bits per heavy atom. The average molecular weight is 899 g/mol. The van der Waals surface area contributed by atoms with Crippen LogP contribution in [0.5, 0.6) is 0 Å². The van der Waals surface area contributed by atoms with E-state index < -0.39 is 0 Å². The van der Waals surface area contributed by atoms with Gasteiger partial charge in [0.15, 0.2) is 12.9 Å². The van der Waals surface area contributed by atoms with Crippen molar-refractivity contribution in [1.82, 2.24) is 0 Å². The Labute approximate surface area is 409 Å². The van der Waals surface area contributed by atoms with E-state index in [1.807, 2.05) is 0 Å². The maximum Gasteiger partial charge on any atom is 0.198 e. The van der Waals surface area contributed by atoms with Crippen LogP contribution >= 0.6 is 0 Å². The number of aryl methyl sites for hydroxylation is 1. The molecule has 0 amide bonds. The lowest BCUT2D eigenvalue weighted by atomic mass is 9.55. The van der Waals surface area contributed by atoms with Crippen LogP contribution in [0, 0.1) is 6.92 Å². The van der Waals surface area contributed by atoms with Gasteiger partial charge in [-0.05, 0) is 170 Å². The highest BCUT2D eigenvalue weighted by Crippen LogP contribution is 2.53. The molecule has 0 unspecified atom stereocenters. The fraction of sp³-hybridized carbons (Fsp3) is 0.262. The van der Waals surface area contributed by atoms with Gasteiger partial charge in [0.25, 0.3) is 0 Å². The van der Waals surface area contributed by atoms with E-state index in [-0.39, 0.29) is 21.7 Å². The van der Waals surface area contributed by atoms with E-state index in [0.29, 0.717) is 0 Å². The van der Waals surface area contributed by atoms with Gasteiger partial charge < -0.3 is 14.6 Å². The summed E-state index contributed by atoms with van der Waals surface area (Å²) >= 11 is 0. The number of nitrogens with zero attached hydrogens (tertiary/aromatic N) is 1. The van der Waals surface area contributed by atoms with Crippen molar-refractivity contribution in [3.63, 3.8) is 0 Å². The summed E-state index contributed by atoms with van der Waals surface area (Å²) < 4.78 is 7.20. The number of furan rings is 1. The Morgan fingerprint density at radius 1 is 0.478 bits per heavy atom. The van der Waals surface area contributed by atoms with Gasteiger partial charge in [-0.3, -0.25) is 0 Å². The van der Waals surface area contributed by atoms with Gasteiger partial charge in [0, 0.05) is 39.1 Å². The first-order valence-corrected chi connectivity index (χ1v) is 25.3. The zero-order chi connectivity index (χ0) is 47.6. The second-order valence-electron chi connectivity index (χ2n) is 23.2. The zero-order valence-electron chi connectivity index (χ0n) is 41.9. The summed E-state index contributed by atoms with van der Waals surface area (Å²) in [6, 6.07) is 58.9. The van der Waals surface area contributed by atoms with Gasteiger partial charge in [0.05, 0.1) is 5.69 Å². The predicted octanol–water partition coefficient (Wildman–Crippen LogP) is 16.5. The number of fused-ring (bicyclic) bond motifs is 8. The highest BCUT2D eigenvalue weighted by atomic mass is 16.3. The van der Waals surface area contributed by atoms with Gasteiger partial charge in [-0.25, -0.2) is 0 Å². The van der Waals surface area contributed by atoms with Crippen LogP contribution in [-0.4, -0.2) is 7.28 Å².